The van der Waals surface area contributed by atoms with Gasteiger partial charge in [-0.2, -0.15) is 0 Å². The second-order valence-corrected chi connectivity index (χ2v) is 23.1. The van der Waals surface area contributed by atoms with Crippen LogP contribution in [-0.4, -0.2) is 174 Å². The lowest BCUT2D eigenvalue weighted by molar-refractivity contribution is -0.142. The Kier molecular flexibility index (Phi) is 35.2. The van der Waals surface area contributed by atoms with Gasteiger partial charge in [-0.25, -0.2) is 4.79 Å². The minimum Gasteiger partial charge on any atom is -0.480 e. The molecule has 9 atom stereocenters. The van der Waals surface area contributed by atoms with E-state index in [9.17, 15) is 62.6 Å². The Bertz CT molecular complexity index is 2980. The van der Waals surface area contributed by atoms with Crippen LogP contribution in [0, 0.1) is 5.92 Å². The predicted octanol–water partition coefficient (Wildman–Crippen LogP) is -4.01. The van der Waals surface area contributed by atoms with Crippen LogP contribution >= 0.6 is 0 Å². The average Bonchev–Trinajstić information content (AvgIpc) is 1.86. The minimum absolute atomic E-state index is 0.0311. The zero-order chi connectivity index (χ0) is 69.0. The summed E-state index contributed by atoms with van der Waals surface area (Å²) in [6.07, 6.45) is 2.64. The van der Waals surface area contributed by atoms with E-state index in [1.54, 1.807) is 50.4 Å². The number of amides is 11. The van der Waals surface area contributed by atoms with E-state index in [0.29, 0.717) is 49.8 Å². The number of hydrogen-bond acceptors (Lipinski definition) is 17. The number of carboxylic acids is 1. The van der Waals surface area contributed by atoms with Crippen molar-refractivity contribution in [2.75, 3.05) is 32.7 Å². The maximum atomic E-state index is 14.4. The van der Waals surface area contributed by atoms with Crippen LogP contribution in [0.15, 0.2) is 65.8 Å². The van der Waals surface area contributed by atoms with Crippen molar-refractivity contribution in [2.24, 2.45) is 56.8 Å². The number of guanidine groups is 1. The zero-order valence-electron chi connectivity index (χ0n) is 53.0. The molecule has 0 saturated heterocycles. The van der Waals surface area contributed by atoms with E-state index in [1.165, 1.54) is 0 Å². The van der Waals surface area contributed by atoms with Crippen LogP contribution in [0.25, 0.3) is 10.9 Å². The van der Waals surface area contributed by atoms with E-state index >= 15 is 0 Å². The number of aromatic amines is 1. The second-order valence-electron chi connectivity index (χ2n) is 23.1. The zero-order valence-corrected chi connectivity index (χ0v) is 53.0. The first kappa shape index (κ1) is 78.0. The summed E-state index contributed by atoms with van der Waals surface area (Å²) in [7, 11) is 0. The lowest BCUT2D eigenvalue weighted by Gasteiger charge is -2.27. The first-order valence-electron chi connectivity index (χ1n) is 31.3. The molecule has 0 radical (unpaired) electrons. The van der Waals surface area contributed by atoms with Crippen LogP contribution in [-0.2, 0) is 70.4 Å². The number of hydrogen-bond donors (Lipinski definition) is 19. The van der Waals surface area contributed by atoms with Gasteiger partial charge in [0, 0.05) is 42.9 Å². The summed E-state index contributed by atoms with van der Waals surface area (Å²) >= 11 is 0. The van der Waals surface area contributed by atoms with Gasteiger partial charge < -0.3 is 104 Å². The Morgan fingerprint density at radius 1 is 0.495 bits per heavy atom. The van der Waals surface area contributed by atoms with E-state index in [-0.39, 0.29) is 95.7 Å². The van der Waals surface area contributed by atoms with Crippen molar-refractivity contribution in [3.63, 3.8) is 0 Å². The second kappa shape index (κ2) is 42.0. The number of fused-ring (bicyclic) bond motifs is 1. The fourth-order valence-corrected chi connectivity index (χ4v) is 9.83. The Morgan fingerprint density at radius 3 is 1.52 bits per heavy atom. The van der Waals surface area contributed by atoms with Crippen LogP contribution in [0.3, 0.4) is 0 Å². The number of nitrogens with two attached hydrogens (primary N) is 8. The third kappa shape index (κ3) is 29.7. The Hall–Kier alpha value is -9.27. The van der Waals surface area contributed by atoms with Gasteiger partial charge in [0.1, 0.15) is 48.3 Å². The molecule has 1 heterocycles. The molecule has 32 heteroatoms. The first-order valence-corrected chi connectivity index (χ1v) is 31.3. The number of benzene rings is 2. The van der Waals surface area contributed by atoms with E-state index in [2.05, 4.69) is 57.8 Å². The fourth-order valence-electron chi connectivity index (χ4n) is 9.83. The predicted molar refractivity (Wildman–Crippen MR) is 347 cm³/mol. The van der Waals surface area contributed by atoms with Crippen LogP contribution < -0.4 is 93.7 Å². The third-order valence-corrected chi connectivity index (χ3v) is 14.8. The Morgan fingerprint density at radius 2 is 0.968 bits per heavy atom. The number of aliphatic carboxylic acids is 1. The number of aliphatic imine (C=N–C) groups is 1. The highest BCUT2D eigenvalue weighted by atomic mass is 16.4. The molecule has 3 rings (SSSR count). The summed E-state index contributed by atoms with van der Waals surface area (Å²) < 4.78 is 0. The molecule has 93 heavy (non-hydrogen) atoms. The number of unbranched alkanes of at least 4 members (excludes halogenated alkanes) is 3. The standard InChI is InChI=1S/C61H97N19O13/c1-35(2)29-45(78-59(91)47(31-37-33-71-40-19-7-6-17-38(37)40)77-52(84)39(65)18-14-28-70-61(68)69)57(89)74-42(21-9-12-26-63)55(87)80-48(32-50(67)82)53(85)72-34-51(83)73-41(20-8-11-25-62)54(86)75-43(23-24-49(66)81)56(88)79-46(30-36-15-4-3-5-16-36)58(90)76-44(60(92)93)22-10-13-27-64/h3-7,15-17,19,33,35,39,41-48,71H,8-14,18,20-32,34,62-65H2,1-2H3,(H2,66,81)(H2,67,82)(H,72,85)(H,73,83)(H,74,89)(H,75,86)(H,76,90)(H,77,84)(H,78,91)(H,79,88)(H,80,87)(H,92,93)(H4,68,69,70)/t39-,41-,42-,43-,44-,45-,46-,47-,48-/m0/s1. The van der Waals surface area contributed by atoms with E-state index < -0.39 is 145 Å². The van der Waals surface area contributed by atoms with E-state index in [0.717, 1.165) is 10.9 Å². The van der Waals surface area contributed by atoms with Crippen LogP contribution in [0.4, 0.5) is 0 Å². The van der Waals surface area contributed by atoms with Crippen molar-refractivity contribution >= 4 is 87.8 Å². The summed E-state index contributed by atoms with van der Waals surface area (Å²) in [5, 5.41) is 33.7. The third-order valence-electron chi connectivity index (χ3n) is 14.8. The fraction of sp³-hybridized carbons (Fsp3) is 0.557. The largest absolute Gasteiger partial charge is 0.480 e. The number of aromatic nitrogens is 1. The summed E-state index contributed by atoms with van der Waals surface area (Å²) in [6, 6.07) is 3.31. The molecule has 27 N–H and O–H groups in total. The molecule has 514 valence electrons. The van der Waals surface area contributed by atoms with Crippen molar-refractivity contribution in [2.45, 2.75) is 177 Å². The van der Waals surface area contributed by atoms with Crippen molar-refractivity contribution in [1.29, 1.82) is 0 Å². The number of carboxylic acid groups (broad SMARTS) is 1. The number of nitrogens with zero attached hydrogens (tertiary/aromatic N) is 1. The maximum Gasteiger partial charge on any atom is 0.326 e. The lowest BCUT2D eigenvalue weighted by Crippen LogP contribution is -2.60. The summed E-state index contributed by atoms with van der Waals surface area (Å²) in [5.74, 6) is -11.5. The number of para-hydroxylation sites is 1. The molecular formula is C61H97N19O13. The average molecular weight is 1300 g/mol. The normalized spacial score (nSPS) is 14.0. The summed E-state index contributed by atoms with van der Waals surface area (Å²) in [4.78, 5) is 170. The number of rotatable bonds is 46. The molecule has 0 bridgehead atoms. The molecule has 0 aliphatic rings. The highest BCUT2D eigenvalue weighted by molar-refractivity contribution is 5.99. The van der Waals surface area contributed by atoms with Gasteiger partial charge in [0.15, 0.2) is 5.96 Å². The molecule has 0 saturated carbocycles. The minimum atomic E-state index is -1.73. The Labute approximate surface area is 540 Å². The maximum absolute atomic E-state index is 14.4. The van der Waals surface area contributed by atoms with Crippen molar-refractivity contribution in [3.05, 3.63) is 71.9 Å². The van der Waals surface area contributed by atoms with Gasteiger partial charge >= 0.3 is 5.97 Å². The van der Waals surface area contributed by atoms with Crippen LogP contribution in [0.2, 0.25) is 0 Å². The van der Waals surface area contributed by atoms with Crippen LogP contribution in [0.1, 0.15) is 121 Å². The molecule has 0 spiro atoms. The molecule has 3 aromatic rings. The van der Waals surface area contributed by atoms with Crippen molar-refractivity contribution in [3.8, 4) is 0 Å². The van der Waals surface area contributed by atoms with Gasteiger partial charge in [-0.3, -0.25) is 57.7 Å². The van der Waals surface area contributed by atoms with Gasteiger partial charge in [0.05, 0.1) is 19.0 Å². The summed E-state index contributed by atoms with van der Waals surface area (Å²) in [5.41, 5.74) is 47.2. The molecule has 0 aliphatic heterocycles. The number of carbonyl (C=O) groups excluding carboxylic acids is 11. The monoisotopic (exact) mass is 1300 g/mol. The molecule has 0 aliphatic carbocycles. The van der Waals surface area contributed by atoms with Crippen molar-refractivity contribution < 1.29 is 62.6 Å². The number of carbonyl (C=O) groups is 12. The SMILES string of the molecule is CC(C)C[C@H](NC(=O)[C@H](Cc1c[nH]c2ccccc12)NC(=O)[C@@H](N)CCCN=C(N)N)C(=O)N[C@@H](CCCCN)C(=O)N[C@@H](CC(N)=O)C(=O)NCC(=O)N[C@@H](CCCCN)C(=O)N[C@@H](CCC(N)=O)C(=O)N[C@@H](Cc1ccccc1)C(=O)N[C@@H](CCCCN)C(=O)O. The number of nitrogens with one attached hydrogen (secondary N) is 10. The van der Waals surface area contributed by atoms with E-state index in [1.807, 2.05) is 24.3 Å². The highest BCUT2D eigenvalue weighted by Crippen LogP contribution is 2.20. The van der Waals surface area contributed by atoms with Gasteiger partial charge in [0.25, 0.3) is 0 Å². The molecule has 11 amide bonds. The topological polar surface area (TPSA) is 570 Å². The first-order chi connectivity index (χ1) is 44.3. The number of H-pyrrole nitrogens is 1. The van der Waals surface area contributed by atoms with E-state index in [4.69, 9.17) is 45.9 Å². The molecule has 0 unspecified atom stereocenters. The number of primary amides is 2. The molecule has 1 aromatic heterocycles. The molecule has 0 fully saturated rings. The molecular weight excluding hydrogens is 1210 g/mol. The van der Waals surface area contributed by atoms with Gasteiger partial charge in [-0.15, -0.1) is 0 Å². The quantitative estimate of drug-likeness (QED) is 0.0146. The molecule has 2 aromatic carbocycles. The van der Waals surface area contributed by atoms with Crippen LogP contribution in [0.5, 0.6) is 0 Å². The molecule has 32 nitrogen and oxygen atoms in total. The Balaban J connectivity index is 1.84. The highest BCUT2D eigenvalue weighted by Gasteiger charge is 2.35. The lowest BCUT2D eigenvalue weighted by atomic mass is 9.99. The van der Waals surface area contributed by atoms with Crippen molar-refractivity contribution in [1.82, 2.24) is 52.8 Å². The van der Waals surface area contributed by atoms with Gasteiger partial charge in [-0.05, 0) is 126 Å². The van der Waals surface area contributed by atoms with Gasteiger partial charge in [-0.1, -0.05) is 62.4 Å². The smallest absolute Gasteiger partial charge is 0.326 e. The summed E-state index contributed by atoms with van der Waals surface area (Å²) in [6.45, 7) is 3.64. The van der Waals surface area contributed by atoms with Gasteiger partial charge in [0.2, 0.25) is 65.0 Å².